The Balaban J connectivity index is 1.51. The molecule has 1 aliphatic rings. The summed E-state index contributed by atoms with van der Waals surface area (Å²) in [6.07, 6.45) is 8.65. The van der Waals surface area contributed by atoms with Gasteiger partial charge in [-0.1, -0.05) is 6.07 Å². The molecule has 3 rings (SSSR count). The first-order valence-electron chi connectivity index (χ1n) is 8.91. The summed E-state index contributed by atoms with van der Waals surface area (Å²) in [7, 11) is 0. The van der Waals surface area contributed by atoms with Crippen molar-refractivity contribution in [2.45, 2.75) is 32.4 Å². The van der Waals surface area contributed by atoms with Crippen LogP contribution in [-0.2, 0) is 16.1 Å². The number of carbonyl (C=O) groups is 1. The molecule has 26 heavy (non-hydrogen) atoms. The first-order chi connectivity index (χ1) is 12.7. The van der Waals surface area contributed by atoms with Crippen LogP contribution in [0.1, 0.15) is 30.3 Å². The molecule has 0 spiro atoms. The third-order valence-electron chi connectivity index (χ3n) is 4.17. The molecular formula is C19H24N4O2S. The molecule has 0 aliphatic carbocycles. The highest BCUT2D eigenvalue weighted by atomic mass is 32.1. The number of esters is 1. The van der Waals surface area contributed by atoms with E-state index >= 15 is 0 Å². The largest absolute Gasteiger partial charge is 0.463 e. The Kier molecular flexibility index (Phi) is 6.74. The van der Waals surface area contributed by atoms with E-state index in [1.165, 1.54) is 17.4 Å². The second kappa shape index (κ2) is 9.45. The third kappa shape index (κ3) is 5.64. The number of rotatable bonds is 7. The summed E-state index contributed by atoms with van der Waals surface area (Å²) < 4.78 is 4.85. The molecule has 2 aromatic rings. The molecule has 1 N–H and O–H groups in total. The van der Waals surface area contributed by atoms with Gasteiger partial charge in [0, 0.05) is 30.1 Å². The average molecular weight is 372 g/mol. The zero-order valence-electron chi connectivity index (χ0n) is 14.9. The Labute approximate surface area is 157 Å². The molecule has 1 aliphatic heterocycles. The van der Waals surface area contributed by atoms with Gasteiger partial charge in [-0.05, 0) is 43.8 Å². The lowest BCUT2D eigenvalue weighted by Gasteiger charge is -2.33. The van der Waals surface area contributed by atoms with E-state index in [9.17, 15) is 4.79 Å². The van der Waals surface area contributed by atoms with Gasteiger partial charge in [0.15, 0.2) is 0 Å². The summed E-state index contributed by atoms with van der Waals surface area (Å²) in [5, 5.41) is 5.60. The second-order valence-electron chi connectivity index (χ2n) is 6.21. The van der Waals surface area contributed by atoms with Gasteiger partial charge in [-0.2, -0.15) is 0 Å². The maximum atomic E-state index is 11.3. The molecule has 138 valence electrons. The smallest absolute Gasteiger partial charge is 0.330 e. The normalized spacial score (nSPS) is 18.1. The van der Waals surface area contributed by atoms with E-state index in [2.05, 4.69) is 37.7 Å². The van der Waals surface area contributed by atoms with E-state index in [0.717, 1.165) is 31.9 Å². The summed E-state index contributed by atoms with van der Waals surface area (Å²) in [6, 6.07) is 4.67. The van der Waals surface area contributed by atoms with Gasteiger partial charge in [0.1, 0.15) is 5.82 Å². The average Bonchev–Trinajstić information content (AvgIpc) is 3.15. The van der Waals surface area contributed by atoms with Gasteiger partial charge in [-0.3, -0.25) is 9.88 Å². The Morgan fingerprint density at radius 3 is 3.12 bits per heavy atom. The van der Waals surface area contributed by atoms with Crippen molar-refractivity contribution in [3.05, 3.63) is 46.6 Å². The number of anilines is 1. The molecule has 1 saturated heterocycles. The van der Waals surface area contributed by atoms with Gasteiger partial charge in [0.05, 0.1) is 24.7 Å². The Bertz CT molecular complexity index is 716. The van der Waals surface area contributed by atoms with Crippen molar-refractivity contribution in [2.24, 2.45) is 0 Å². The van der Waals surface area contributed by atoms with Crippen LogP contribution in [0.3, 0.4) is 0 Å². The number of nitrogens with zero attached hydrogens (tertiary/aromatic N) is 3. The Morgan fingerprint density at radius 2 is 2.38 bits per heavy atom. The molecule has 0 aromatic carbocycles. The van der Waals surface area contributed by atoms with Crippen LogP contribution in [-0.4, -0.2) is 46.6 Å². The first-order valence-corrected chi connectivity index (χ1v) is 9.79. The summed E-state index contributed by atoms with van der Waals surface area (Å²) in [5.41, 5.74) is 0.631. The van der Waals surface area contributed by atoms with Gasteiger partial charge >= 0.3 is 5.97 Å². The van der Waals surface area contributed by atoms with E-state index in [4.69, 9.17) is 4.74 Å². The van der Waals surface area contributed by atoms with Crippen LogP contribution in [0.4, 0.5) is 5.82 Å². The predicted molar refractivity (Wildman–Crippen MR) is 104 cm³/mol. The molecule has 2 aromatic heterocycles. The fourth-order valence-corrected chi connectivity index (χ4v) is 3.74. The number of nitrogens with one attached hydrogen (secondary N) is 1. The highest BCUT2D eigenvalue weighted by molar-refractivity contribution is 7.09. The van der Waals surface area contributed by atoms with Gasteiger partial charge in [-0.25, -0.2) is 9.78 Å². The third-order valence-corrected chi connectivity index (χ3v) is 5.03. The number of piperidine rings is 1. The second-order valence-corrected chi connectivity index (χ2v) is 7.24. The summed E-state index contributed by atoms with van der Waals surface area (Å²) in [5.74, 6) is 0.394. The Hall–Kier alpha value is -2.25. The van der Waals surface area contributed by atoms with Crippen LogP contribution < -0.4 is 5.32 Å². The van der Waals surface area contributed by atoms with Crippen molar-refractivity contribution in [2.75, 3.05) is 25.0 Å². The number of thiophene rings is 1. The number of ether oxygens (including phenoxy) is 1. The van der Waals surface area contributed by atoms with Crippen molar-refractivity contribution in [1.29, 1.82) is 0 Å². The van der Waals surface area contributed by atoms with Gasteiger partial charge in [-0.15, -0.1) is 11.3 Å². The minimum atomic E-state index is -0.371. The molecule has 0 bridgehead atoms. The number of aromatic nitrogens is 2. The molecule has 7 heteroatoms. The van der Waals surface area contributed by atoms with Gasteiger partial charge < -0.3 is 10.1 Å². The van der Waals surface area contributed by atoms with Crippen LogP contribution in [0, 0.1) is 0 Å². The SMILES string of the molecule is CCOC(=O)/C=C/c1cnc(N[C@@H]2CCCN(Cc3cccs3)C2)cn1. The summed E-state index contributed by atoms with van der Waals surface area (Å²) in [6.45, 7) is 5.30. The molecule has 1 atom stereocenters. The Morgan fingerprint density at radius 1 is 1.46 bits per heavy atom. The van der Waals surface area contributed by atoms with E-state index < -0.39 is 0 Å². The molecule has 0 radical (unpaired) electrons. The van der Waals surface area contributed by atoms with Crippen LogP contribution in [0.25, 0.3) is 6.08 Å². The van der Waals surface area contributed by atoms with Crippen LogP contribution in [0.15, 0.2) is 36.0 Å². The molecule has 0 amide bonds. The standard InChI is InChI=1S/C19H24N4O2S/c1-2-25-19(24)8-7-15-11-21-18(12-20-15)22-16-5-3-9-23(13-16)14-17-6-4-10-26-17/h4,6-8,10-12,16H,2-3,5,9,13-14H2,1H3,(H,21,22)/b8-7+/t16-/m1/s1. The molecule has 1 fully saturated rings. The van der Waals surface area contributed by atoms with Gasteiger partial charge in [0.2, 0.25) is 0 Å². The molecule has 3 heterocycles. The highest BCUT2D eigenvalue weighted by Gasteiger charge is 2.20. The van der Waals surface area contributed by atoms with E-state index in [1.807, 2.05) is 11.3 Å². The van der Waals surface area contributed by atoms with Crippen molar-refractivity contribution in [3.8, 4) is 0 Å². The van der Waals surface area contributed by atoms with Crippen molar-refractivity contribution >= 4 is 29.2 Å². The van der Waals surface area contributed by atoms with Crippen LogP contribution in [0.2, 0.25) is 0 Å². The van der Waals surface area contributed by atoms with E-state index in [1.54, 1.807) is 25.4 Å². The highest BCUT2D eigenvalue weighted by Crippen LogP contribution is 2.18. The number of carbonyl (C=O) groups excluding carboxylic acids is 1. The molecule has 6 nitrogen and oxygen atoms in total. The maximum Gasteiger partial charge on any atom is 0.330 e. The fraction of sp³-hybridized carbons (Fsp3) is 0.421. The van der Waals surface area contributed by atoms with Crippen molar-refractivity contribution in [3.63, 3.8) is 0 Å². The maximum absolute atomic E-state index is 11.3. The van der Waals surface area contributed by atoms with Crippen LogP contribution >= 0.6 is 11.3 Å². The van der Waals surface area contributed by atoms with Crippen molar-refractivity contribution in [1.82, 2.24) is 14.9 Å². The minimum absolute atomic E-state index is 0.364. The predicted octanol–water partition coefficient (Wildman–Crippen LogP) is 3.19. The zero-order chi connectivity index (χ0) is 18.2. The van der Waals surface area contributed by atoms with Crippen LogP contribution in [0.5, 0.6) is 0 Å². The van der Waals surface area contributed by atoms with E-state index in [-0.39, 0.29) is 5.97 Å². The zero-order valence-corrected chi connectivity index (χ0v) is 15.7. The number of hydrogen-bond acceptors (Lipinski definition) is 7. The number of hydrogen-bond donors (Lipinski definition) is 1. The van der Waals surface area contributed by atoms with Gasteiger partial charge in [0.25, 0.3) is 0 Å². The molecule has 0 saturated carbocycles. The quantitative estimate of drug-likeness (QED) is 0.595. The first kappa shape index (κ1) is 18.5. The lowest BCUT2D eigenvalue weighted by molar-refractivity contribution is -0.137. The monoisotopic (exact) mass is 372 g/mol. The molecular weight excluding hydrogens is 348 g/mol. The molecule has 0 unspecified atom stereocenters. The number of likely N-dealkylation sites (tertiary alicyclic amines) is 1. The van der Waals surface area contributed by atoms with Crippen molar-refractivity contribution < 1.29 is 9.53 Å². The fourth-order valence-electron chi connectivity index (χ4n) is 2.99. The summed E-state index contributed by atoms with van der Waals surface area (Å²) in [4.78, 5) is 23.9. The topological polar surface area (TPSA) is 67.3 Å². The minimum Gasteiger partial charge on any atom is -0.463 e. The lowest BCUT2D eigenvalue weighted by atomic mass is 10.1. The summed E-state index contributed by atoms with van der Waals surface area (Å²) >= 11 is 1.81. The van der Waals surface area contributed by atoms with E-state index in [0.29, 0.717) is 18.3 Å². The lowest BCUT2D eigenvalue weighted by Crippen LogP contribution is -2.41.